The van der Waals surface area contributed by atoms with Gasteiger partial charge in [-0.2, -0.15) is 0 Å². The first kappa shape index (κ1) is 11.5. The molecule has 0 aliphatic carbocycles. The lowest BCUT2D eigenvalue weighted by atomic mass is 10.1. The third-order valence-electron chi connectivity index (χ3n) is 3.06. The molecule has 2 rings (SSSR count). The van der Waals surface area contributed by atoms with Crippen molar-refractivity contribution in [3.63, 3.8) is 0 Å². The highest BCUT2D eigenvalue weighted by Crippen LogP contribution is 2.29. The lowest BCUT2D eigenvalue weighted by Crippen LogP contribution is -2.02. The molecule has 0 spiro atoms. The fourth-order valence-corrected chi connectivity index (χ4v) is 2.38. The minimum absolute atomic E-state index is 0.685. The molecule has 0 atom stereocenters. The zero-order chi connectivity index (χ0) is 11.7. The van der Waals surface area contributed by atoms with Crippen LogP contribution >= 0.6 is 11.6 Å². The van der Waals surface area contributed by atoms with Crippen LogP contribution in [0.3, 0.4) is 0 Å². The predicted molar refractivity (Wildman–Crippen MR) is 70.1 cm³/mol. The van der Waals surface area contributed by atoms with Crippen molar-refractivity contribution in [2.75, 3.05) is 6.54 Å². The predicted octanol–water partition coefficient (Wildman–Crippen LogP) is 3.12. The Morgan fingerprint density at radius 3 is 2.75 bits per heavy atom. The van der Waals surface area contributed by atoms with E-state index in [0.29, 0.717) is 6.54 Å². The van der Waals surface area contributed by atoms with Gasteiger partial charge in [0.25, 0.3) is 0 Å². The summed E-state index contributed by atoms with van der Waals surface area (Å²) in [7, 11) is 0. The molecule has 0 aliphatic rings. The molecular weight excluding hydrogens is 220 g/mol. The van der Waals surface area contributed by atoms with E-state index in [1.54, 1.807) is 0 Å². The number of rotatable bonds is 3. The Bertz CT molecular complexity index is 514. The van der Waals surface area contributed by atoms with Gasteiger partial charge in [-0.25, -0.2) is 0 Å². The van der Waals surface area contributed by atoms with Crippen molar-refractivity contribution in [3.05, 3.63) is 34.5 Å². The van der Waals surface area contributed by atoms with Crippen LogP contribution in [0.2, 0.25) is 5.02 Å². The number of benzene rings is 1. The zero-order valence-corrected chi connectivity index (χ0v) is 10.5. The van der Waals surface area contributed by atoms with E-state index in [9.17, 15) is 0 Å². The lowest BCUT2D eigenvalue weighted by Gasteiger charge is -2.05. The van der Waals surface area contributed by atoms with Gasteiger partial charge in [0.05, 0.1) is 5.52 Å². The van der Waals surface area contributed by atoms with Gasteiger partial charge in [-0.15, -0.1) is 0 Å². The second kappa shape index (κ2) is 4.48. The molecule has 0 bridgehead atoms. The molecule has 2 nitrogen and oxygen atoms in total. The Morgan fingerprint density at radius 2 is 2.12 bits per heavy atom. The van der Waals surface area contributed by atoms with Crippen molar-refractivity contribution < 1.29 is 0 Å². The normalized spacial score (nSPS) is 11.2. The molecule has 1 heterocycles. The van der Waals surface area contributed by atoms with Gasteiger partial charge in [0.15, 0.2) is 0 Å². The molecule has 0 unspecified atom stereocenters. The molecule has 0 saturated carbocycles. The molecule has 0 saturated heterocycles. The van der Waals surface area contributed by atoms with Crippen molar-refractivity contribution in [3.8, 4) is 0 Å². The van der Waals surface area contributed by atoms with Gasteiger partial charge < -0.3 is 10.3 Å². The van der Waals surface area contributed by atoms with Gasteiger partial charge in [0.1, 0.15) is 0 Å². The Hall–Kier alpha value is -0.990. The topological polar surface area (TPSA) is 30.9 Å². The average molecular weight is 237 g/mol. The maximum absolute atomic E-state index is 6.16. The third kappa shape index (κ3) is 1.72. The van der Waals surface area contributed by atoms with Crippen LogP contribution in [0.25, 0.3) is 10.9 Å². The standard InChI is InChI=1S/C13H17ClN2/c1-3-16-8-10(6-7-15)11-4-5-12(14)9(2)13(11)16/h4-5,8H,3,6-7,15H2,1-2H3. The highest BCUT2D eigenvalue weighted by molar-refractivity contribution is 6.32. The first-order chi connectivity index (χ1) is 7.69. The number of fused-ring (bicyclic) bond motifs is 1. The summed E-state index contributed by atoms with van der Waals surface area (Å²) in [5, 5.41) is 2.12. The maximum atomic E-state index is 6.16. The number of nitrogens with two attached hydrogens (primary N) is 1. The number of nitrogens with zero attached hydrogens (tertiary/aromatic N) is 1. The van der Waals surface area contributed by atoms with Crippen LogP contribution in [0.1, 0.15) is 18.1 Å². The number of halogens is 1. The van der Waals surface area contributed by atoms with E-state index < -0.39 is 0 Å². The second-order valence-corrected chi connectivity index (χ2v) is 4.45. The number of hydrogen-bond donors (Lipinski definition) is 1. The van der Waals surface area contributed by atoms with E-state index in [1.807, 2.05) is 6.07 Å². The number of aromatic nitrogens is 1. The largest absolute Gasteiger partial charge is 0.347 e. The van der Waals surface area contributed by atoms with Crippen LogP contribution in [0, 0.1) is 6.92 Å². The Balaban J connectivity index is 2.74. The van der Waals surface area contributed by atoms with Gasteiger partial charge in [0, 0.05) is 23.2 Å². The zero-order valence-electron chi connectivity index (χ0n) is 9.76. The summed E-state index contributed by atoms with van der Waals surface area (Å²) >= 11 is 6.16. The lowest BCUT2D eigenvalue weighted by molar-refractivity contribution is 0.789. The van der Waals surface area contributed by atoms with Crippen LogP contribution < -0.4 is 5.73 Å². The fraction of sp³-hybridized carbons (Fsp3) is 0.385. The quantitative estimate of drug-likeness (QED) is 0.872. The van der Waals surface area contributed by atoms with Gasteiger partial charge in [-0.3, -0.25) is 0 Å². The molecule has 1 aromatic heterocycles. The van der Waals surface area contributed by atoms with E-state index in [1.165, 1.54) is 16.5 Å². The van der Waals surface area contributed by atoms with E-state index >= 15 is 0 Å². The maximum Gasteiger partial charge on any atom is 0.0527 e. The van der Waals surface area contributed by atoms with Crippen molar-refractivity contribution in [1.82, 2.24) is 4.57 Å². The minimum Gasteiger partial charge on any atom is -0.347 e. The van der Waals surface area contributed by atoms with Crippen molar-refractivity contribution in [1.29, 1.82) is 0 Å². The molecular formula is C13H17ClN2. The number of hydrogen-bond acceptors (Lipinski definition) is 1. The fourth-order valence-electron chi connectivity index (χ4n) is 2.23. The summed E-state index contributed by atoms with van der Waals surface area (Å²) < 4.78 is 2.25. The summed E-state index contributed by atoms with van der Waals surface area (Å²) in [5.41, 5.74) is 9.36. The van der Waals surface area contributed by atoms with Crippen LogP contribution in [0.4, 0.5) is 0 Å². The molecule has 0 aliphatic heterocycles. The van der Waals surface area contributed by atoms with Gasteiger partial charge in [-0.05, 0) is 44.0 Å². The van der Waals surface area contributed by atoms with Crippen molar-refractivity contribution in [2.24, 2.45) is 5.73 Å². The van der Waals surface area contributed by atoms with Crippen LogP contribution in [-0.4, -0.2) is 11.1 Å². The molecule has 1 aromatic carbocycles. The Morgan fingerprint density at radius 1 is 1.38 bits per heavy atom. The van der Waals surface area contributed by atoms with Crippen molar-refractivity contribution >= 4 is 22.5 Å². The van der Waals surface area contributed by atoms with Gasteiger partial charge in [-0.1, -0.05) is 17.7 Å². The third-order valence-corrected chi connectivity index (χ3v) is 3.47. The minimum atomic E-state index is 0.685. The molecule has 0 amide bonds. The molecule has 16 heavy (non-hydrogen) atoms. The van der Waals surface area contributed by atoms with Gasteiger partial charge in [0.2, 0.25) is 0 Å². The summed E-state index contributed by atoms with van der Waals surface area (Å²) in [6.07, 6.45) is 3.12. The van der Waals surface area contributed by atoms with E-state index in [4.69, 9.17) is 17.3 Å². The highest BCUT2D eigenvalue weighted by Gasteiger charge is 2.11. The summed E-state index contributed by atoms with van der Waals surface area (Å²) in [4.78, 5) is 0. The highest BCUT2D eigenvalue weighted by atomic mass is 35.5. The van der Waals surface area contributed by atoms with Crippen LogP contribution in [-0.2, 0) is 13.0 Å². The molecule has 86 valence electrons. The van der Waals surface area contributed by atoms with E-state index in [2.05, 4.69) is 30.7 Å². The van der Waals surface area contributed by atoms with E-state index in [-0.39, 0.29) is 0 Å². The summed E-state index contributed by atoms with van der Waals surface area (Å²) in [5.74, 6) is 0. The van der Waals surface area contributed by atoms with Gasteiger partial charge >= 0.3 is 0 Å². The number of aryl methyl sites for hydroxylation is 2. The Labute approximate surface area is 101 Å². The molecule has 2 N–H and O–H groups in total. The summed E-state index contributed by atoms with van der Waals surface area (Å²) in [6.45, 7) is 5.86. The van der Waals surface area contributed by atoms with Crippen molar-refractivity contribution in [2.45, 2.75) is 26.8 Å². The van der Waals surface area contributed by atoms with Crippen LogP contribution in [0.5, 0.6) is 0 Å². The average Bonchev–Trinajstić information content (AvgIpc) is 2.63. The molecule has 0 fully saturated rings. The smallest absolute Gasteiger partial charge is 0.0527 e. The Kier molecular flexibility index (Phi) is 3.22. The molecule has 0 radical (unpaired) electrons. The summed E-state index contributed by atoms with van der Waals surface area (Å²) in [6, 6.07) is 4.07. The first-order valence-electron chi connectivity index (χ1n) is 5.66. The first-order valence-corrected chi connectivity index (χ1v) is 6.03. The second-order valence-electron chi connectivity index (χ2n) is 4.05. The SMILES string of the molecule is CCn1cc(CCN)c2ccc(Cl)c(C)c21. The van der Waals surface area contributed by atoms with E-state index in [0.717, 1.165) is 23.6 Å². The molecule has 2 aromatic rings. The molecule has 3 heteroatoms. The van der Waals surface area contributed by atoms with Crippen LogP contribution in [0.15, 0.2) is 18.3 Å². The monoisotopic (exact) mass is 236 g/mol.